The number of halogens is 4. The van der Waals surface area contributed by atoms with Crippen LogP contribution in [0.5, 0.6) is 0 Å². The Balaban J connectivity index is 1.89. The average molecular weight is 480 g/mol. The summed E-state index contributed by atoms with van der Waals surface area (Å²) in [7, 11) is 0. The van der Waals surface area contributed by atoms with Gasteiger partial charge in [0.1, 0.15) is 5.82 Å². The summed E-state index contributed by atoms with van der Waals surface area (Å²) in [5.41, 5.74) is -1.97. The Morgan fingerprint density at radius 3 is 2.45 bits per heavy atom. The van der Waals surface area contributed by atoms with E-state index in [4.69, 9.17) is 16.3 Å². The highest BCUT2D eigenvalue weighted by atomic mass is 35.5. The van der Waals surface area contributed by atoms with Crippen LogP contribution in [-0.4, -0.2) is 39.1 Å². The number of alkyl halides is 3. The molecule has 0 aliphatic carbocycles. The second-order valence-corrected chi connectivity index (χ2v) is 7.80. The number of aromatic amines is 1. The van der Waals surface area contributed by atoms with Crippen LogP contribution in [0.25, 0.3) is 22.8 Å². The first-order chi connectivity index (χ1) is 15.5. The number of carbonyl (C=O) groups excluding carboxylic acids is 1. The normalized spacial score (nSPS) is 13.5. The first kappa shape index (κ1) is 24.6. The molecule has 2 aromatic carbocycles. The lowest BCUT2D eigenvalue weighted by atomic mass is 9.94. The summed E-state index contributed by atoms with van der Waals surface area (Å²) >= 11 is 6.30. The van der Waals surface area contributed by atoms with Crippen molar-refractivity contribution < 1.29 is 22.7 Å². The molecule has 1 atom stereocenters. The van der Waals surface area contributed by atoms with Crippen molar-refractivity contribution in [3.8, 4) is 22.8 Å². The summed E-state index contributed by atoms with van der Waals surface area (Å²) in [5.74, 6) is -0.722. The third kappa shape index (κ3) is 5.48. The van der Waals surface area contributed by atoms with Crippen molar-refractivity contribution in [3.05, 3.63) is 69.6 Å². The van der Waals surface area contributed by atoms with Crippen LogP contribution in [0, 0.1) is 0 Å². The first-order valence-electron chi connectivity index (χ1n) is 10.1. The number of nitrogens with zero attached hydrogens (tertiary/aromatic N) is 2. The van der Waals surface area contributed by atoms with E-state index in [9.17, 15) is 22.8 Å². The van der Waals surface area contributed by atoms with Gasteiger partial charge in [0.2, 0.25) is 5.60 Å². The van der Waals surface area contributed by atoms with Crippen LogP contribution in [0.4, 0.5) is 13.2 Å². The van der Waals surface area contributed by atoms with Crippen molar-refractivity contribution >= 4 is 17.4 Å². The number of rotatable bonds is 8. The monoisotopic (exact) mass is 479 g/mol. The second-order valence-electron chi connectivity index (χ2n) is 7.39. The maximum absolute atomic E-state index is 13.4. The molecule has 174 valence electrons. The van der Waals surface area contributed by atoms with Crippen LogP contribution in [0.2, 0.25) is 5.02 Å². The maximum Gasteiger partial charge on any atom is 0.424 e. The third-order valence-corrected chi connectivity index (χ3v) is 5.44. The number of ketones is 1. The first-order valence-corrected chi connectivity index (χ1v) is 10.5. The predicted octanol–water partition coefficient (Wildman–Crippen LogP) is 5.01. The molecule has 0 aliphatic rings. The minimum absolute atomic E-state index is 0.0165. The van der Waals surface area contributed by atoms with Gasteiger partial charge in [-0.25, -0.2) is 9.78 Å². The van der Waals surface area contributed by atoms with Gasteiger partial charge in [-0.2, -0.15) is 18.2 Å². The Labute approximate surface area is 192 Å². The van der Waals surface area contributed by atoms with Gasteiger partial charge in [-0.1, -0.05) is 48.0 Å². The quantitative estimate of drug-likeness (QED) is 0.491. The predicted molar refractivity (Wildman–Crippen MR) is 118 cm³/mol. The zero-order valence-electron chi connectivity index (χ0n) is 17.9. The number of Topliss-reactive ketones (excluding diaryl/α,β-unsaturated/α-hetero) is 1. The number of aryl methyl sites for hydroxylation is 1. The highest BCUT2D eigenvalue weighted by Gasteiger charge is 2.57. The molecule has 0 bridgehead atoms. The van der Waals surface area contributed by atoms with E-state index in [0.717, 1.165) is 6.92 Å². The van der Waals surface area contributed by atoms with E-state index in [1.165, 1.54) is 13.0 Å². The van der Waals surface area contributed by atoms with Gasteiger partial charge in [-0.05, 0) is 38.0 Å². The molecule has 0 fully saturated rings. The summed E-state index contributed by atoms with van der Waals surface area (Å²) in [6.07, 6.45) is -5.21. The fourth-order valence-corrected chi connectivity index (χ4v) is 3.45. The van der Waals surface area contributed by atoms with E-state index in [-0.39, 0.29) is 29.7 Å². The largest absolute Gasteiger partial charge is 0.424 e. The molecule has 0 radical (unpaired) electrons. The van der Waals surface area contributed by atoms with Gasteiger partial charge in [0, 0.05) is 24.2 Å². The lowest BCUT2D eigenvalue weighted by Gasteiger charge is -2.30. The summed E-state index contributed by atoms with van der Waals surface area (Å²) in [6.45, 7) is 1.88. The van der Waals surface area contributed by atoms with Crippen LogP contribution in [-0.2, 0) is 16.0 Å². The summed E-state index contributed by atoms with van der Waals surface area (Å²) in [5, 5.41) is 0.271. The molecule has 1 N–H and O–H groups in total. The van der Waals surface area contributed by atoms with Crippen LogP contribution in [0.1, 0.15) is 25.8 Å². The van der Waals surface area contributed by atoms with E-state index in [1.54, 1.807) is 36.4 Å². The van der Waals surface area contributed by atoms with Crippen molar-refractivity contribution in [2.24, 2.45) is 0 Å². The van der Waals surface area contributed by atoms with Crippen LogP contribution in [0.15, 0.2) is 53.3 Å². The number of hydrogen-bond donors (Lipinski definition) is 1. The van der Waals surface area contributed by atoms with Gasteiger partial charge in [-0.15, -0.1) is 0 Å². The summed E-state index contributed by atoms with van der Waals surface area (Å²) in [6, 6.07) is 13.6. The molecular formula is C23H21ClF3N3O3. The molecule has 33 heavy (non-hydrogen) atoms. The van der Waals surface area contributed by atoms with E-state index >= 15 is 0 Å². The van der Waals surface area contributed by atoms with Gasteiger partial charge >= 0.3 is 11.9 Å². The lowest BCUT2D eigenvalue weighted by molar-refractivity contribution is -0.258. The number of carbonyl (C=O) groups is 1. The number of H-pyrrole nitrogens is 1. The maximum atomic E-state index is 13.4. The second kappa shape index (κ2) is 9.84. The zero-order chi connectivity index (χ0) is 24.2. The Kier molecular flexibility index (Phi) is 7.34. The Bertz CT molecular complexity index is 1200. The molecule has 0 spiro atoms. The van der Waals surface area contributed by atoms with E-state index in [2.05, 4.69) is 15.0 Å². The number of aromatic nitrogens is 3. The minimum Gasteiger partial charge on any atom is -0.359 e. The molecular weight excluding hydrogens is 459 g/mol. The number of benzene rings is 2. The SMILES string of the molecule is CCO[C@@](C)(C(=O)CCc1ccc(Cl)c(-c2nc(-c3ccccc3)nc(=O)[nH]2)c1)C(F)(F)F. The van der Waals surface area contributed by atoms with Crippen molar-refractivity contribution in [3.63, 3.8) is 0 Å². The molecule has 0 saturated carbocycles. The molecule has 6 nitrogen and oxygen atoms in total. The fraction of sp³-hybridized carbons (Fsp3) is 0.304. The standard InChI is InChI=1S/C23H21ClF3N3O3/c1-3-33-22(2,23(25,26)27)18(31)12-10-14-9-11-17(24)16(13-14)20-28-19(29-21(32)30-20)15-7-5-4-6-8-15/h4-9,11,13H,3,10,12H2,1-2H3,(H,28,29,30,32)/t22-/m0/s1. The molecule has 3 aromatic rings. The molecule has 1 aromatic heterocycles. The summed E-state index contributed by atoms with van der Waals surface area (Å²) < 4.78 is 45.0. The van der Waals surface area contributed by atoms with Gasteiger partial charge in [0.25, 0.3) is 0 Å². The smallest absolute Gasteiger partial charge is 0.359 e. The van der Waals surface area contributed by atoms with Gasteiger partial charge in [0.15, 0.2) is 11.6 Å². The molecule has 0 aliphatic heterocycles. The molecule has 0 unspecified atom stereocenters. The van der Waals surface area contributed by atoms with Gasteiger partial charge < -0.3 is 4.74 Å². The number of hydrogen-bond acceptors (Lipinski definition) is 5. The molecule has 0 saturated heterocycles. The highest BCUT2D eigenvalue weighted by molar-refractivity contribution is 6.33. The topological polar surface area (TPSA) is 84.9 Å². The Morgan fingerprint density at radius 2 is 1.82 bits per heavy atom. The molecule has 0 amide bonds. The van der Waals surface area contributed by atoms with E-state index in [0.29, 0.717) is 16.7 Å². The van der Waals surface area contributed by atoms with Crippen molar-refractivity contribution in [2.45, 2.75) is 38.5 Å². The minimum atomic E-state index is -4.83. The lowest BCUT2D eigenvalue weighted by Crippen LogP contribution is -2.51. The fourth-order valence-electron chi connectivity index (χ4n) is 3.24. The highest BCUT2D eigenvalue weighted by Crippen LogP contribution is 2.35. The van der Waals surface area contributed by atoms with E-state index in [1.807, 2.05) is 6.07 Å². The Morgan fingerprint density at radius 1 is 1.12 bits per heavy atom. The van der Waals surface area contributed by atoms with Gasteiger partial charge in [0.05, 0.1) is 5.02 Å². The van der Waals surface area contributed by atoms with Crippen LogP contribution >= 0.6 is 11.6 Å². The third-order valence-electron chi connectivity index (χ3n) is 5.12. The van der Waals surface area contributed by atoms with E-state index < -0.39 is 29.7 Å². The van der Waals surface area contributed by atoms with Crippen LogP contribution in [0.3, 0.4) is 0 Å². The molecule has 3 rings (SSSR count). The molecule has 10 heteroatoms. The van der Waals surface area contributed by atoms with Crippen molar-refractivity contribution in [1.29, 1.82) is 0 Å². The zero-order valence-corrected chi connectivity index (χ0v) is 18.6. The summed E-state index contributed by atoms with van der Waals surface area (Å²) in [4.78, 5) is 35.3. The number of nitrogens with one attached hydrogen (secondary N) is 1. The van der Waals surface area contributed by atoms with Gasteiger partial charge in [-0.3, -0.25) is 9.78 Å². The number of ether oxygens (including phenoxy) is 1. The van der Waals surface area contributed by atoms with Crippen molar-refractivity contribution in [2.75, 3.05) is 6.61 Å². The Hall–Kier alpha value is -3.04. The van der Waals surface area contributed by atoms with Crippen LogP contribution < -0.4 is 5.69 Å². The average Bonchev–Trinajstić information content (AvgIpc) is 2.77. The molecule has 1 heterocycles. The van der Waals surface area contributed by atoms with Crippen molar-refractivity contribution in [1.82, 2.24) is 15.0 Å².